The quantitative estimate of drug-likeness (QED) is 0.753. The molecule has 2 saturated heterocycles. The number of para-hydroxylation sites is 1. The predicted molar refractivity (Wildman–Crippen MR) is 113 cm³/mol. The number of rotatable bonds is 6. The minimum absolute atomic E-state index is 0.165. The lowest BCUT2D eigenvalue weighted by atomic mass is 9.79. The van der Waals surface area contributed by atoms with E-state index in [0.717, 1.165) is 43.9 Å². The Labute approximate surface area is 173 Å². The third-order valence-electron chi connectivity index (χ3n) is 6.30. The second kappa shape index (κ2) is 8.57. The Hall–Kier alpha value is -2.34. The van der Waals surface area contributed by atoms with Crippen LogP contribution in [0.4, 0.5) is 0 Å². The summed E-state index contributed by atoms with van der Waals surface area (Å²) in [6, 6.07) is 13.0. The van der Waals surface area contributed by atoms with Gasteiger partial charge in [-0.3, -0.25) is 14.4 Å². The zero-order chi connectivity index (χ0) is 20.4. The molecule has 2 aromatic rings. The normalized spacial score (nSPS) is 23.2. The fraction of sp³-hybridized carbons (Fsp3) is 0.565. The molecule has 1 aromatic carbocycles. The zero-order valence-corrected chi connectivity index (χ0v) is 17.7. The fourth-order valence-corrected chi connectivity index (χ4v) is 4.70. The molecule has 2 atom stereocenters. The summed E-state index contributed by atoms with van der Waals surface area (Å²) >= 11 is 0. The number of benzene rings is 1. The molecule has 1 aromatic heterocycles. The molecule has 6 heteroatoms. The second-order valence-corrected chi connectivity index (χ2v) is 8.62. The maximum absolute atomic E-state index is 12.6. The van der Waals surface area contributed by atoms with E-state index in [1.54, 1.807) is 4.68 Å². The molecule has 0 spiro atoms. The monoisotopic (exact) mass is 396 g/mol. The SMILES string of the molecule is Cc1ccn(CC(=O)N2CCC(C3C(Oc4ccccc4)CN3C(C)C)CC2)n1. The van der Waals surface area contributed by atoms with E-state index in [0.29, 0.717) is 24.5 Å². The number of nitrogens with zero attached hydrogens (tertiary/aromatic N) is 4. The minimum Gasteiger partial charge on any atom is -0.487 e. The number of amides is 1. The first-order valence-corrected chi connectivity index (χ1v) is 10.8. The van der Waals surface area contributed by atoms with Crippen LogP contribution in [0.25, 0.3) is 0 Å². The van der Waals surface area contributed by atoms with Crippen LogP contribution in [0.1, 0.15) is 32.4 Å². The van der Waals surface area contributed by atoms with E-state index in [1.165, 1.54) is 0 Å². The number of hydrogen-bond donors (Lipinski definition) is 0. The lowest BCUT2D eigenvalue weighted by molar-refractivity contribution is -0.136. The molecule has 4 rings (SSSR count). The summed E-state index contributed by atoms with van der Waals surface area (Å²) in [5, 5.41) is 4.34. The molecule has 0 N–H and O–H groups in total. The van der Waals surface area contributed by atoms with Crippen molar-refractivity contribution in [3.63, 3.8) is 0 Å². The first-order valence-electron chi connectivity index (χ1n) is 10.8. The minimum atomic E-state index is 0.165. The van der Waals surface area contributed by atoms with Crippen molar-refractivity contribution < 1.29 is 9.53 Å². The van der Waals surface area contributed by atoms with Gasteiger partial charge in [0.05, 0.1) is 11.7 Å². The first-order chi connectivity index (χ1) is 14.0. The van der Waals surface area contributed by atoms with Crippen molar-refractivity contribution in [2.24, 2.45) is 5.92 Å². The summed E-state index contributed by atoms with van der Waals surface area (Å²) < 4.78 is 8.05. The van der Waals surface area contributed by atoms with E-state index >= 15 is 0 Å². The lowest BCUT2D eigenvalue weighted by Crippen LogP contribution is -2.68. The number of carbonyl (C=O) groups excluding carboxylic acids is 1. The Bertz CT molecular complexity index is 811. The average molecular weight is 397 g/mol. The van der Waals surface area contributed by atoms with E-state index in [-0.39, 0.29) is 12.0 Å². The molecule has 156 valence electrons. The number of carbonyl (C=O) groups is 1. The lowest BCUT2D eigenvalue weighted by Gasteiger charge is -2.54. The Morgan fingerprint density at radius 2 is 1.90 bits per heavy atom. The highest BCUT2D eigenvalue weighted by Crippen LogP contribution is 2.36. The van der Waals surface area contributed by atoms with E-state index < -0.39 is 0 Å². The van der Waals surface area contributed by atoms with Crippen molar-refractivity contribution in [2.75, 3.05) is 19.6 Å². The van der Waals surface area contributed by atoms with Gasteiger partial charge in [-0.1, -0.05) is 18.2 Å². The number of likely N-dealkylation sites (tertiary alicyclic amines) is 2. The van der Waals surface area contributed by atoms with Crippen LogP contribution >= 0.6 is 0 Å². The van der Waals surface area contributed by atoms with Gasteiger partial charge in [0.1, 0.15) is 18.4 Å². The highest BCUT2D eigenvalue weighted by Gasteiger charge is 2.47. The molecule has 0 aliphatic carbocycles. The van der Waals surface area contributed by atoms with Crippen LogP contribution in [0.2, 0.25) is 0 Å². The summed E-state index contributed by atoms with van der Waals surface area (Å²) in [7, 11) is 0. The Kier molecular flexibility index (Phi) is 5.90. The van der Waals surface area contributed by atoms with Gasteiger partial charge in [-0.15, -0.1) is 0 Å². The summed E-state index contributed by atoms with van der Waals surface area (Å²) in [5.41, 5.74) is 0.944. The van der Waals surface area contributed by atoms with Crippen LogP contribution in [0.3, 0.4) is 0 Å². The van der Waals surface area contributed by atoms with Crippen LogP contribution in [-0.2, 0) is 11.3 Å². The largest absolute Gasteiger partial charge is 0.487 e. The molecule has 2 fully saturated rings. The maximum Gasteiger partial charge on any atom is 0.244 e. The summed E-state index contributed by atoms with van der Waals surface area (Å²) in [4.78, 5) is 17.2. The van der Waals surface area contributed by atoms with E-state index in [9.17, 15) is 4.79 Å². The van der Waals surface area contributed by atoms with Gasteiger partial charge in [-0.05, 0) is 57.7 Å². The molecule has 0 bridgehead atoms. The highest BCUT2D eigenvalue weighted by molar-refractivity contribution is 5.76. The van der Waals surface area contributed by atoms with Crippen LogP contribution in [0.15, 0.2) is 42.6 Å². The van der Waals surface area contributed by atoms with Crippen LogP contribution in [0, 0.1) is 12.8 Å². The highest BCUT2D eigenvalue weighted by atomic mass is 16.5. The zero-order valence-electron chi connectivity index (χ0n) is 17.7. The average Bonchev–Trinajstić information content (AvgIpc) is 3.10. The maximum atomic E-state index is 12.6. The molecule has 0 radical (unpaired) electrons. The molecule has 29 heavy (non-hydrogen) atoms. The van der Waals surface area contributed by atoms with Crippen molar-refractivity contribution >= 4 is 5.91 Å². The Morgan fingerprint density at radius 3 is 2.52 bits per heavy atom. The van der Waals surface area contributed by atoms with Crippen molar-refractivity contribution in [3.8, 4) is 5.75 Å². The molecule has 3 heterocycles. The summed E-state index contributed by atoms with van der Waals surface area (Å²) in [6.07, 6.45) is 4.18. The smallest absolute Gasteiger partial charge is 0.244 e. The number of ether oxygens (including phenoxy) is 1. The second-order valence-electron chi connectivity index (χ2n) is 8.62. The number of hydrogen-bond acceptors (Lipinski definition) is 4. The molecular formula is C23H32N4O2. The third-order valence-corrected chi connectivity index (χ3v) is 6.30. The molecule has 0 saturated carbocycles. The molecule has 2 aliphatic heterocycles. The summed E-state index contributed by atoms with van der Waals surface area (Å²) in [6.45, 7) is 9.43. The molecule has 6 nitrogen and oxygen atoms in total. The van der Waals surface area contributed by atoms with Gasteiger partial charge >= 0.3 is 0 Å². The van der Waals surface area contributed by atoms with E-state index in [2.05, 4.69) is 23.8 Å². The van der Waals surface area contributed by atoms with Crippen molar-refractivity contribution in [1.82, 2.24) is 19.6 Å². The standard InChI is InChI=1S/C23H32N4O2/c1-17(2)27-15-21(29-20-7-5-4-6-8-20)23(27)19-10-12-25(13-11-19)22(28)16-26-14-9-18(3)24-26/h4-9,14,17,19,21,23H,10-13,15-16H2,1-3H3. The van der Waals surface area contributed by atoms with Gasteiger partial charge in [0, 0.05) is 31.9 Å². The van der Waals surface area contributed by atoms with Gasteiger partial charge in [0.2, 0.25) is 5.91 Å². The van der Waals surface area contributed by atoms with E-state index in [1.807, 2.05) is 54.4 Å². The molecular weight excluding hydrogens is 364 g/mol. The van der Waals surface area contributed by atoms with Gasteiger partial charge < -0.3 is 9.64 Å². The van der Waals surface area contributed by atoms with Crippen molar-refractivity contribution in [3.05, 3.63) is 48.3 Å². The van der Waals surface area contributed by atoms with Gasteiger partial charge in [-0.25, -0.2) is 0 Å². The van der Waals surface area contributed by atoms with Crippen LogP contribution < -0.4 is 4.74 Å². The third kappa shape index (κ3) is 4.47. The van der Waals surface area contributed by atoms with Crippen LogP contribution in [-0.4, -0.2) is 63.3 Å². The fourth-order valence-electron chi connectivity index (χ4n) is 4.70. The number of aryl methyl sites for hydroxylation is 1. The van der Waals surface area contributed by atoms with Crippen molar-refractivity contribution in [1.29, 1.82) is 0 Å². The molecule has 1 amide bonds. The number of aromatic nitrogens is 2. The van der Waals surface area contributed by atoms with Gasteiger partial charge in [0.15, 0.2) is 0 Å². The van der Waals surface area contributed by atoms with E-state index in [4.69, 9.17) is 4.74 Å². The van der Waals surface area contributed by atoms with Gasteiger partial charge in [-0.2, -0.15) is 5.10 Å². The molecule has 2 aliphatic rings. The Morgan fingerprint density at radius 1 is 1.17 bits per heavy atom. The predicted octanol–water partition coefficient (Wildman–Crippen LogP) is 2.97. The summed E-state index contributed by atoms with van der Waals surface area (Å²) in [5.74, 6) is 1.68. The van der Waals surface area contributed by atoms with Gasteiger partial charge in [0.25, 0.3) is 0 Å². The topological polar surface area (TPSA) is 50.6 Å². The Balaban J connectivity index is 1.34. The van der Waals surface area contributed by atoms with Crippen LogP contribution in [0.5, 0.6) is 5.75 Å². The molecule has 2 unspecified atom stereocenters. The first kappa shape index (κ1) is 20.0. The van der Waals surface area contributed by atoms with Crippen molar-refractivity contribution in [2.45, 2.75) is 58.3 Å². The number of piperidine rings is 1.